The molecule has 0 bridgehead atoms. The molecule has 1 aromatic carbocycles. The van der Waals surface area contributed by atoms with Crippen LogP contribution in [0.4, 0.5) is 0 Å². The molecule has 1 spiro atoms. The topological polar surface area (TPSA) is 21.3 Å². The van der Waals surface area contributed by atoms with Crippen molar-refractivity contribution in [1.29, 1.82) is 0 Å². The van der Waals surface area contributed by atoms with Gasteiger partial charge in [0.2, 0.25) is 0 Å². The third-order valence-corrected chi connectivity index (χ3v) is 4.76. The molecule has 1 aliphatic carbocycles. The van der Waals surface area contributed by atoms with Gasteiger partial charge in [-0.25, -0.2) is 0 Å². The second-order valence-corrected chi connectivity index (χ2v) is 6.57. The van der Waals surface area contributed by atoms with Gasteiger partial charge in [0.05, 0.1) is 11.7 Å². The van der Waals surface area contributed by atoms with Crippen molar-refractivity contribution >= 4 is 15.9 Å². The maximum absolute atomic E-state index is 6.50. The Balaban J connectivity index is 1.85. The zero-order chi connectivity index (χ0) is 12.6. The molecule has 98 valence electrons. The van der Waals surface area contributed by atoms with Gasteiger partial charge >= 0.3 is 0 Å². The van der Waals surface area contributed by atoms with E-state index in [0.29, 0.717) is 6.04 Å². The second-order valence-electron chi connectivity index (χ2n) is 5.65. The first-order valence-corrected chi connectivity index (χ1v) is 7.65. The van der Waals surface area contributed by atoms with Crippen molar-refractivity contribution in [3.05, 3.63) is 34.3 Å². The minimum atomic E-state index is 0.0967. The Hall–Kier alpha value is -0.380. The molecule has 18 heavy (non-hydrogen) atoms. The number of morpholine rings is 1. The van der Waals surface area contributed by atoms with Gasteiger partial charge in [-0.1, -0.05) is 40.9 Å². The fourth-order valence-electron chi connectivity index (χ4n) is 3.22. The van der Waals surface area contributed by atoms with Crippen LogP contribution < -0.4 is 5.32 Å². The highest BCUT2D eigenvalue weighted by molar-refractivity contribution is 9.10. The van der Waals surface area contributed by atoms with Gasteiger partial charge in [0, 0.05) is 17.1 Å². The van der Waals surface area contributed by atoms with E-state index in [9.17, 15) is 0 Å². The Morgan fingerprint density at radius 3 is 2.83 bits per heavy atom. The summed E-state index contributed by atoms with van der Waals surface area (Å²) in [6, 6.07) is 8.88. The van der Waals surface area contributed by atoms with E-state index in [1.807, 2.05) is 0 Å². The minimum Gasteiger partial charge on any atom is -0.364 e. The molecule has 1 saturated heterocycles. The summed E-state index contributed by atoms with van der Waals surface area (Å²) < 4.78 is 7.63. The molecule has 3 rings (SSSR count). The Morgan fingerprint density at radius 1 is 1.33 bits per heavy atom. The van der Waals surface area contributed by atoms with E-state index >= 15 is 0 Å². The van der Waals surface area contributed by atoms with Crippen molar-refractivity contribution in [2.75, 3.05) is 6.54 Å². The number of halogens is 1. The van der Waals surface area contributed by atoms with Gasteiger partial charge in [0.1, 0.15) is 0 Å². The summed E-state index contributed by atoms with van der Waals surface area (Å²) in [6.45, 7) is 3.23. The number of hydrogen-bond acceptors (Lipinski definition) is 2. The van der Waals surface area contributed by atoms with E-state index in [4.69, 9.17) is 4.74 Å². The van der Waals surface area contributed by atoms with E-state index in [1.54, 1.807) is 0 Å². The normalized spacial score (nSPS) is 30.8. The molecule has 1 N–H and O–H groups in total. The highest BCUT2D eigenvalue weighted by Gasteiger charge is 2.42. The molecule has 2 unspecified atom stereocenters. The Labute approximate surface area is 117 Å². The van der Waals surface area contributed by atoms with Crippen molar-refractivity contribution in [3.63, 3.8) is 0 Å². The maximum Gasteiger partial charge on any atom is 0.0983 e. The molecule has 1 aliphatic heterocycles. The SMILES string of the molecule is CC1NCC2(CCCC2)OC1c1cccc(Br)c1. The smallest absolute Gasteiger partial charge is 0.0983 e. The van der Waals surface area contributed by atoms with Crippen LogP contribution in [0.2, 0.25) is 0 Å². The van der Waals surface area contributed by atoms with E-state index in [0.717, 1.165) is 11.0 Å². The molecule has 2 fully saturated rings. The van der Waals surface area contributed by atoms with Crippen LogP contribution in [0.1, 0.15) is 44.3 Å². The van der Waals surface area contributed by atoms with E-state index in [1.165, 1.54) is 31.2 Å². The summed E-state index contributed by atoms with van der Waals surface area (Å²) in [4.78, 5) is 0. The molecule has 1 heterocycles. The Bertz CT molecular complexity index is 428. The predicted molar refractivity (Wildman–Crippen MR) is 76.6 cm³/mol. The minimum absolute atomic E-state index is 0.0967. The quantitative estimate of drug-likeness (QED) is 0.851. The van der Waals surface area contributed by atoms with E-state index < -0.39 is 0 Å². The van der Waals surface area contributed by atoms with Crippen LogP contribution >= 0.6 is 15.9 Å². The summed E-state index contributed by atoms with van der Waals surface area (Å²) in [6.07, 6.45) is 5.20. The van der Waals surface area contributed by atoms with Crippen molar-refractivity contribution in [2.45, 2.75) is 50.4 Å². The number of hydrogen-bond donors (Lipinski definition) is 1. The molecular weight excluding hydrogens is 290 g/mol. The number of rotatable bonds is 1. The third-order valence-electron chi connectivity index (χ3n) is 4.27. The molecular formula is C15H20BrNO. The predicted octanol–water partition coefficient (Wildman–Crippen LogP) is 3.81. The van der Waals surface area contributed by atoms with Crippen LogP contribution in [-0.4, -0.2) is 18.2 Å². The monoisotopic (exact) mass is 309 g/mol. The first-order chi connectivity index (χ1) is 8.69. The van der Waals surface area contributed by atoms with Gasteiger partial charge in [-0.3, -0.25) is 0 Å². The van der Waals surface area contributed by atoms with Crippen LogP contribution in [0.5, 0.6) is 0 Å². The third kappa shape index (κ3) is 2.36. The zero-order valence-corrected chi connectivity index (χ0v) is 12.4. The zero-order valence-electron chi connectivity index (χ0n) is 10.8. The lowest BCUT2D eigenvalue weighted by Gasteiger charge is -2.43. The standard InChI is InChI=1S/C15H20BrNO/c1-11-14(12-5-4-6-13(16)9-12)18-15(10-17-11)7-2-3-8-15/h4-6,9,11,14,17H,2-3,7-8,10H2,1H3. The van der Waals surface area contributed by atoms with Gasteiger partial charge in [-0.05, 0) is 37.5 Å². The van der Waals surface area contributed by atoms with Crippen molar-refractivity contribution in [1.82, 2.24) is 5.32 Å². The Kier molecular flexibility index (Phi) is 3.48. The molecule has 3 heteroatoms. The summed E-state index contributed by atoms with van der Waals surface area (Å²) in [5.41, 5.74) is 1.37. The molecule has 1 saturated carbocycles. The molecule has 1 aromatic rings. The highest BCUT2D eigenvalue weighted by Crippen LogP contribution is 2.41. The van der Waals surface area contributed by atoms with Gasteiger partial charge in [-0.15, -0.1) is 0 Å². The number of ether oxygens (including phenoxy) is 1. The number of nitrogens with one attached hydrogen (secondary N) is 1. The molecule has 0 amide bonds. The van der Waals surface area contributed by atoms with Crippen LogP contribution in [0, 0.1) is 0 Å². The Morgan fingerprint density at radius 2 is 2.11 bits per heavy atom. The summed E-state index contributed by atoms with van der Waals surface area (Å²) >= 11 is 3.55. The molecule has 0 radical (unpaired) electrons. The molecule has 0 aromatic heterocycles. The van der Waals surface area contributed by atoms with Crippen LogP contribution in [0.15, 0.2) is 28.7 Å². The van der Waals surface area contributed by atoms with Crippen LogP contribution in [0.25, 0.3) is 0 Å². The summed E-state index contributed by atoms with van der Waals surface area (Å²) in [5, 5.41) is 3.64. The van der Waals surface area contributed by atoms with Gasteiger partial charge in [-0.2, -0.15) is 0 Å². The lowest BCUT2D eigenvalue weighted by molar-refractivity contribution is -0.131. The lowest BCUT2D eigenvalue weighted by Crippen LogP contribution is -2.53. The lowest BCUT2D eigenvalue weighted by atomic mass is 9.94. The second kappa shape index (κ2) is 4.95. The fourth-order valence-corrected chi connectivity index (χ4v) is 3.64. The fraction of sp³-hybridized carbons (Fsp3) is 0.600. The van der Waals surface area contributed by atoms with Gasteiger partial charge in [0.15, 0.2) is 0 Å². The van der Waals surface area contributed by atoms with E-state index in [-0.39, 0.29) is 11.7 Å². The summed E-state index contributed by atoms with van der Waals surface area (Å²) in [5.74, 6) is 0. The first kappa shape index (κ1) is 12.6. The first-order valence-electron chi connectivity index (χ1n) is 6.85. The van der Waals surface area contributed by atoms with Crippen LogP contribution in [0.3, 0.4) is 0 Å². The maximum atomic E-state index is 6.50. The van der Waals surface area contributed by atoms with Gasteiger partial charge in [0.25, 0.3) is 0 Å². The molecule has 2 aliphatic rings. The highest BCUT2D eigenvalue weighted by atomic mass is 79.9. The number of benzene rings is 1. The van der Waals surface area contributed by atoms with Crippen molar-refractivity contribution < 1.29 is 4.74 Å². The van der Waals surface area contributed by atoms with Crippen molar-refractivity contribution in [2.24, 2.45) is 0 Å². The average molecular weight is 310 g/mol. The summed E-state index contributed by atoms with van der Waals surface area (Å²) in [7, 11) is 0. The van der Waals surface area contributed by atoms with Crippen LogP contribution in [-0.2, 0) is 4.74 Å². The largest absolute Gasteiger partial charge is 0.364 e. The molecule has 2 nitrogen and oxygen atoms in total. The molecule has 2 atom stereocenters. The van der Waals surface area contributed by atoms with E-state index in [2.05, 4.69) is 52.4 Å². The van der Waals surface area contributed by atoms with Crippen molar-refractivity contribution in [3.8, 4) is 0 Å². The van der Waals surface area contributed by atoms with Gasteiger partial charge < -0.3 is 10.1 Å². The average Bonchev–Trinajstić information content (AvgIpc) is 2.81.